The highest BCUT2D eigenvalue weighted by Gasteiger charge is 2.32. The maximum absolute atomic E-state index is 14.6. The molecule has 0 saturated carbocycles. The number of pyridine rings is 1. The molecule has 1 amide bonds. The van der Waals surface area contributed by atoms with Gasteiger partial charge in [-0.1, -0.05) is 15.3 Å². The molecule has 2 aromatic rings. The van der Waals surface area contributed by atoms with E-state index < -0.39 is 15.6 Å². The Morgan fingerprint density at radius 2 is 2.07 bits per heavy atom. The van der Waals surface area contributed by atoms with Gasteiger partial charge in [0.2, 0.25) is 5.91 Å². The fourth-order valence-corrected chi connectivity index (χ4v) is 4.84. The van der Waals surface area contributed by atoms with Crippen LogP contribution in [0.2, 0.25) is 0 Å². The second kappa shape index (κ2) is 8.55. The van der Waals surface area contributed by atoms with Crippen molar-refractivity contribution in [1.29, 1.82) is 0 Å². The first-order chi connectivity index (χ1) is 13.8. The molecule has 29 heavy (non-hydrogen) atoms. The lowest BCUT2D eigenvalue weighted by molar-refractivity contribution is -0.126. The number of nitrogens with one attached hydrogen (secondary N) is 2. The largest absolute Gasteiger partial charge is 0.371 e. The molecule has 2 aliphatic heterocycles. The van der Waals surface area contributed by atoms with E-state index in [1.165, 1.54) is 0 Å². The molecule has 2 N–H and O–H groups in total. The van der Waals surface area contributed by atoms with E-state index in [0.717, 1.165) is 24.2 Å². The summed E-state index contributed by atoms with van der Waals surface area (Å²) in [6.45, 7) is 2.22. The average Bonchev–Trinajstić information content (AvgIpc) is 3.11. The van der Waals surface area contributed by atoms with Gasteiger partial charge in [0.05, 0.1) is 11.6 Å². The van der Waals surface area contributed by atoms with Crippen molar-refractivity contribution in [3.05, 3.63) is 36.0 Å². The predicted molar refractivity (Wildman–Crippen MR) is 123 cm³/mol. The number of amides is 1. The number of rotatable bonds is 4. The molecule has 0 spiro atoms. The summed E-state index contributed by atoms with van der Waals surface area (Å²) in [6.07, 6.45) is 2.06. The fourth-order valence-electron chi connectivity index (χ4n) is 4.17. The van der Waals surface area contributed by atoms with Crippen LogP contribution in [0.15, 0.2) is 30.5 Å². The lowest BCUT2D eigenvalue weighted by atomic mass is 9.94. The molecule has 2 saturated heterocycles. The van der Waals surface area contributed by atoms with Gasteiger partial charge in [0.15, 0.2) is 3.42 Å². The Morgan fingerprint density at radius 3 is 2.72 bits per heavy atom. The van der Waals surface area contributed by atoms with Crippen LogP contribution >= 0.6 is 31.8 Å². The molecular weight excluding hydrogens is 508 g/mol. The third-order valence-electron chi connectivity index (χ3n) is 5.78. The van der Waals surface area contributed by atoms with E-state index in [4.69, 9.17) is 0 Å². The minimum Gasteiger partial charge on any atom is -0.371 e. The number of hydrogen-bond acceptors (Lipinski definition) is 4. The summed E-state index contributed by atoms with van der Waals surface area (Å²) in [5.74, 6) is -0.166. The first-order valence-electron chi connectivity index (χ1n) is 9.79. The van der Waals surface area contributed by atoms with Crippen molar-refractivity contribution in [2.75, 3.05) is 31.1 Å². The number of aromatic nitrogens is 1. The summed E-state index contributed by atoms with van der Waals surface area (Å²) in [7, 11) is 2.22. The molecule has 156 valence electrons. The van der Waals surface area contributed by atoms with Gasteiger partial charge in [-0.25, -0.2) is 8.78 Å². The number of anilines is 1. The van der Waals surface area contributed by atoms with Gasteiger partial charge in [0.1, 0.15) is 6.17 Å². The standard InChI is InChI=1S/C20H24F2IN4OP/c21-15-10-24-11-16(15)26-19(28)12-5-8-27(9-6-12)17-4-3-14(20(22,23)29)18-13(17)2-1-7-25-18/h1-4,7,12,15-16,24H,5-6,8-11,29H2,(H,26,28)/t15-,16+,20?/m0/s1. The highest BCUT2D eigenvalue weighted by atomic mass is 127. The molecule has 4 rings (SSSR count). The Balaban J connectivity index is 1.47. The summed E-state index contributed by atoms with van der Waals surface area (Å²) in [6, 6.07) is 7.12. The van der Waals surface area contributed by atoms with E-state index in [1.807, 2.05) is 18.2 Å². The van der Waals surface area contributed by atoms with E-state index in [9.17, 15) is 13.6 Å². The number of carbonyl (C=O) groups is 1. The SMILES string of the molecule is O=C(N[C@@H]1CNC[C@@H]1F)C1CCN(c2ccc(C(F)(P)I)c3ncccc23)CC1. The zero-order chi connectivity index (χ0) is 20.6. The van der Waals surface area contributed by atoms with Gasteiger partial charge in [0, 0.05) is 54.9 Å². The highest BCUT2D eigenvalue weighted by molar-refractivity contribution is 14.1. The normalized spacial score (nSPS) is 25.2. The molecular formula is C20H24F2IN4OP. The molecule has 2 unspecified atom stereocenters. The van der Waals surface area contributed by atoms with Crippen LogP contribution in [0.25, 0.3) is 10.9 Å². The Morgan fingerprint density at radius 1 is 1.31 bits per heavy atom. The zero-order valence-electron chi connectivity index (χ0n) is 15.9. The van der Waals surface area contributed by atoms with Crippen molar-refractivity contribution in [3.8, 4) is 0 Å². The van der Waals surface area contributed by atoms with Gasteiger partial charge < -0.3 is 15.5 Å². The zero-order valence-corrected chi connectivity index (χ0v) is 19.2. The van der Waals surface area contributed by atoms with E-state index >= 15 is 0 Å². The van der Waals surface area contributed by atoms with Gasteiger partial charge in [-0.3, -0.25) is 9.78 Å². The van der Waals surface area contributed by atoms with Gasteiger partial charge in [-0.2, -0.15) is 0 Å². The van der Waals surface area contributed by atoms with Gasteiger partial charge in [-0.15, -0.1) is 0 Å². The number of halogens is 3. The minimum atomic E-state index is -1.59. The van der Waals surface area contributed by atoms with Crippen molar-refractivity contribution in [2.45, 2.75) is 28.5 Å². The average molecular weight is 532 g/mol. The summed E-state index contributed by atoms with van der Waals surface area (Å²) < 4.78 is 26.7. The van der Waals surface area contributed by atoms with Crippen molar-refractivity contribution >= 4 is 54.3 Å². The molecule has 5 nitrogen and oxygen atoms in total. The second-order valence-corrected chi connectivity index (χ2v) is 11.2. The van der Waals surface area contributed by atoms with Crippen LogP contribution in [-0.4, -0.2) is 49.3 Å². The lowest BCUT2D eigenvalue weighted by Crippen LogP contribution is -2.47. The topological polar surface area (TPSA) is 57.3 Å². The lowest BCUT2D eigenvalue weighted by Gasteiger charge is -2.34. The quantitative estimate of drug-likeness (QED) is 0.361. The molecule has 2 fully saturated rings. The number of nitrogens with zero attached hydrogens (tertiary/aromatic N) is 2. The molecule has 3 heterocycles. The third-order valence-corrected chi connectivity index (χ3v) is 6.67. The van der Waals surface area contributed by atoms with E-state index in [0.29, 0.717) is 37.0 Å². The maximum atomic E-state index is 14.6. The third kappa shape index (κ3) is 4.49. The fraction of sp³-hybridized carbons (Fsp3) is 0.500. The van der Waals surface area contributed by atoms with E-state index in [1.54, 1.807) is 34.9 Å². The van der Waals surface area contributed by atoms with Crippen LogP contribution in [0.3, 0.4) is 0 Å². The van der Waals surface area contributed by atoms with Crippen molar-refractivity contribution in [2.24, 2.45) is 5.92 Å². The van der Waals surface area contributed by atoms with Crippen LogP contribution in [0.4, 0.5) is 14.5 Å². The first-order valence-corrected chi connectivity index (χ1v) is 11.4. The molecule has 4 atom stereocenters. The Bertz CT molecular complexity index is 902. The second-order valence-electron chi connectivity index (χ2n) is 7.71. The molecule has 1 aromatic carbocycles. The summed E-state index contributed by atoms with van der Waals surface area (Å²) in [4.78, 5) is 19.2. The number of fused-ring (bicyclic) bond motifs is 1. The van der Waals surface area contributed by atoms with Crippen LogP contribution in [0.1, 0.15) is 18.4 Å². The van der Waals surface area contributed by atoms with Crippen molar-refractivity contribution in [1.82, 2.24) is 15.6 Å². The molecule has 9 heteroatoms. The van der Waals surface area contributed by atoms with Crippen molar-refractivity contribution < 1.29 is 13.6 Å². The molecule has 2 aliphatic rings. The number of alkyl halides is 3. The monoisotopic (exact) mass is 532 g/mol. The minimum absolute atomic E-state index is 0.0574. The van der Waals surface area contributed by atoms with Crippen molar-refractivity contribution in [3.63, 3.8) is 0 Å². The van der Waals surface area contributed by atoms with Crippen LogP contribution in [-0.2, 0) is 8.21 Å². The van der Waals surface area contributed by atoms with Gasteiger partial charge in [0.25, 0.3) is 0 Å². The van der Waals surface area contributed by atoms with Crippen LogP contribution < -0.4 is 15.5 Å². The Kier molecular flexibility index (Phi) is 6.23. The maximum Gasteiger partial charge on any atom is 0.223 e. The number of carbonyl (C=O) groups excluding carboxylic acids is 1. The van der Waals surface area contributed by atoms with Gasteiger partial charge >= 0.3 is 0 Å². The number of benzene rings is 1. The van der Waals surface area contributed by atoms with Crippen LogP contribution in [0.5, 0.6) is 0 Å². The number of hydrogen-bond donors (Lipinski definition) is 2. The summed E-state index contributed by atoms with van der Waals surface area (Å²) in [5, 5.41) is 6.72. The first kappa shape index (κ1) is 21.1. The molecule has 1 aromatic heterocycles. The molecule has 0 radical (unpaired) electrons. The number of piperidine rings is 1. The van der Waals surface area contributed by atoms with Gasteiger partial charge in [-0.05, 0) is 53.6 Å². The summed E-state index contributed by atoms with van der Waals surface area (Å²) in [5.41, 5.74) is 2.19. The summed E-state index contributed by atoms with van der Waals surface area (Å²) >= 11 is 1.76. The highest BCUT2D eigenvalue weighted by Crippen LogP contribution is 2.44. The molecule has 0 bridgehead atoms. The van der Waals surface area contributed by atoms with Crippen LogP contribution in [0, 0.1) is 5.92 Å². The van der Waals surface area contributed by atoms with E-state index in [2.05, 4.69) is 29.8 Å². The Hall–Kier alpha value is -1.12. The molecule has 0 aliphatic carbocycles. The smallest absolute Gasteiger partial charge is 0.223 e. The van der Waals surface area contributed by atoms with E-state index in [-0.39, 0.29) is 11.8 Å². The Labute approximate surface area is 184 Å². The predicted octanol–water partition coefficient (Wildman–Crippen LogP) is 3.27.